The summed E-state index contributed by atoms with van der Waals surface area (Å²) in [6.07, 6.45) is 1.87. The number of rotatable bonds is 5. The molecule has 1 aromatic heterocycles. The molecule has 112 valence electrons. The normalized spacial score (nSPS) is 10.8. The van der Waals surface area contributed by atoms with Crippen LogP contribution >= 0.6 is 0 Å². The van der Waals surface area contributed by atoms with Crippen molar-refractivity contribution in [3.8, 4) is 0 Å². The van der Waals surface area contributed by atoms with E-state index in [1.54, 1.807) is 31.3 Å². The van der Waals surface area contributed by atoms with Crippen molar-refractivity contribution in [3.05, 3.63) is 45.0 Å². The molecule has 1 N–H and O–H groups in total. The van der Waals surface area contributed by atoms with E-state index in [4.69, 9.17) is 0 Å². The van der Waals surface area contributed by atoms with Gasteiger partial charge in [-0.2, -0.15) is 0 Å². The molecule has 0 spiro atoms. The molecular weight excluding hydrogens is 270 g/mol. The molecule has 0 unspecified atom stereocenters. The molecule has 1 heterocycles. The van der Waals surface area contributed by atoms with E-state index in [1.165, 1.54) is 9.13 Å². The fourth-order valence-electron chi connectivity index (χ4n) is 2.21. The zero-order valence-electron chi connectivity index (χ0n) is 12.3. The fourth-order valence-corrected chi connectivity index (χ4v) is 2.21. The maximum atomic E-state index is 12.1. The molecule has 1 amide bonds. The van der Waals surface area contributed by atoms with E-state index in [1.807, 2.05) is 6.92 Å². The second-order valence-electron chi connectivity index (χ2n) is 4.95. The molecule has 0 atom stereocenters. The van der Waals surface area contributed by atoms with Gasteiger partial charge in [0.15, 0.2) is 0 Å². The molecule has 0 saturated carbocycles. The molecule has 1 aromatic carbocycles. The smallest absolute Gasteiger partial charge is 0.317 e. The lowest BCUT2D eigenvalue weighted by Crippen LogP contribution is -2.43. The second-order valence-corrected chi connectivity index (χ2v) is 4.95. The number of unbranched alkanes of at least 4 members (excludes halogenated alkanes) is 1. The standard InChI is InChI=1S/C15H19N3O3/c1-3-4-9-16-13(19)10-18-12-8-6-5-7-11(12)17(2)14(20)15(18)21/h5-8H,3-4,9-10H2,1-2H3,(H,16,19). The van der Waals surface area contributed by atoms with Gasteiger partial charge in [-0.05, 0) is 18.6 Å². The first-order chi connectivity index (χ1) is 10.1. The van der Waals surface area contributed by atoms with E-state index < -0.39 is 11.1 Å². The van der Waals surface area contributed by atoms with Crippen molar-refractivity contribution in [1.82, 2.24) is 14.5 Å². The zero-order chi connectivity index (χ0) is 15.4. The molecule has 6 nitrogen and oxygen atoms in total. The van der Waals surface area contributed by atoms with E-state index in [0.29, 0.717) is 17.6 Å². The van der Waals surface area contributed by atoms with Gasteiger partial charge in [-0.1, -0.05) is 25.5 Å². The van der Waals surface area contributed by atoms with Crippen LogP contribution in [0.3, 0.4) is 0 Å². The highest BCUT2D eigenvalue weighted by molar-refractivity contribution is 5.80. The fraction of sp³-hybridized carbons (Fsp3) is 0.400. The van der Waals surface area contributed by atoms with E-state index >= 15 is 0 Å². The number of nitrogens with zero attached hydrogens (tertiary/aromatic N) is 2. The Kier molecular flexibility index (Phi) is 4.57. The van der Waals surface area contributed by atoms with Gasteiger partial charge in [0.25, 0.3) is 0 Å². The number of aryl methyl sites for hydroxylation is 1. The molecule has 0 fully saturated rings. The molecular formula is C15H19N3O3. The van der Waals surface area contributed by atoms with Crippen LogP contribution in [0.4, 0.5) is 0 Å². The quantitative estimate of drug-likeness (QED) is 0.647. The minimum atomic E-state index is -0.679. The minimum absolute atomic E-state index is 0.140. The van der Waals surface area contributed by atoms with Crippen molar-refractivity contribution in [2.24, 2.45) is 7.05 Å². The van der Waals surface area contributed by atoms with Crippen molar-refractivity contribution in [3.63, 3.8) is 0 Å². The number of aromatic nitrogens is 2. The Morgan fingerprint density at radius 3 is 2.48 bits per heavy atom. The number of fused-ring (bicyclic) bond motifs is 1. The largest absolute Gasteiger partial charge is 0.355 e. The third-order valence-electron chi connectivity index (χ3n) is 3.42. The van der Waals surface area contributed by atoms with Gasteiger partial charge in [-0.25, -0.2) is 0 Å². The minimum Gasteiger partial charge on any atom is -0.355 e. The van der Waals surface area contributed by atoms with Gasteiger partial charge in [0.1, 0.15) is 6.54 Å². The summed E-state index contributed by atoms with van der Waals surface area (Å²) in [4.78, 5) is 36.0. The summed E-state index contributed by atoms with van der Waals surface area (Å²) in [5.41, 5.74) is -0.101. The van der Waals surface area contributed by atoms with Crippen LogP contribution < -0.4 is 16.4 Å². The summed E-state index contributed by atoms with van der Waals surface area (Å²) in [6.45, 7) is 2.47. The van der Waals surface area contributed by atoms with E-state index in [0.717, 1.165) is 12.8 Å². The summed E-state index contributed by atoms with van der Waals surface area (Å²) in [5, 5.41) is 2.75. The van der Waals surface area contributed by atoms with E-state index in [2.05, 4.69) is 5.32 Å². The lowest BCUT2D eigenvalue weighted by atomic mass is 10.3. The van der Waals surface area contributed by atoms with Crippen LogP contribution in [0.25, 0.3) is 11.0 Å². The van der Waals surface area contributed by atoms with Crippen LogP contribution in [0.2, 0.25) is 0 Å². The molecule has 0 aliphatic heterocycles. The molecule has 0 aliphatic carbocycles. The first-order valence-electron chi connectivity index (χ1n) is 7.01. The Hall–Kier alpha value is -2.37. The maximum Gasteiger partial charge on any atom is 0.317 e. The first-order valence-corrected chi connectivity index (χ1v) is 7.01. The molecule has 21 heavy (non-hydrogen) atoms. The molecule has 0 radical (unpaired) electrons. The van der Waals surface area contributed by atoms with Crippen molar-refractivity contribution < 1.29 is 4.79 Å². The van der Waals surface area contributed by atoms with Gasteiger partial charge in [0.05, 0.1) is 11.0 Å². The van der Waals surface area contributed by atoms with Gasteiger partial charge >= 0.3 is 11.1 Å². The Morgan fingerprint density at radius 1 is 1.14 bits per heavy atom. The van der Waals surface area contributed by atoms with E-state index in [9.17, 15) is 14.4 Å². The Labute approximate surface area is 122 Å². The lowest BCUT2D eigenvalue weighted by molar-refractivity contribution is -0.121. The predicted molar refractivity (Wildman–Crippen MR) is 81.4 cm³/mol. The number of carbonyl (C=O) groups excluding carboxylic acids is 1. The number of hydrogen-bond acceptors (Lipinski definition) is 3. The summed E-state index contributed by atoms with van der Waals surface area (Å²) in [7, 11) is 1.55. The predicted octanol–water partition coefficient (Wildman–Crippen LogP) is 0.617. The monoisotopic (exact) mass is 289 g/mol. The van der Waals surface area contributed by atoms with Crippen molar-refractivity contribution in [1.29, 1.82) is 0 Å². The van der Waals surface area contributed by atoms with Crippen LogP contribution in [0.1, 0.15) is 19.8 Å². The summed E-state index contributed by atoms with van der Waals surface area (Å²) < 4.78 is 2.54. The van der Waals surface area contributed by atoms with Crippen LogP contribution in [0.5, 0.6) is 0 Å². The zero-order valence-corrected chi connectivity index (χ0v) is 12.3. The highest BCUT2D eigenvalue weighted by Crippen LogP contribution is 2.08. The van der Waals surface area contributed by atoms with Gasteiger partial charge in [-0.3, -0.25) is 19.0 Å². The Morgan fingerprint density at radius 2 is 1.81 bits per heavy atom. The number of para-hydroxylation sites is 2. The lowest BCUT2D eigenvalue weighted by Gasteiger charge is -2.12. The third-order valence-corrected chi connectivity index (χ3v) is 3.42. The molecule has 2 aromatic rings. The summed E-state index contributed by atoms with van der Waals surface area (Å²) >= 11 is 0. The number of hydrogen-bond donors (Lipinski definition) is 1. The van der Waals surface area contributed by atoms with Crippen LogP contribution in [0, 0.1) is 0 Å². The van der Waals surface area contributed by atoms with Gasteiger partial charge in [-0.15, -0.1) is 0 Å². The van der Waals surface area contributed by atoms with Crippen molar-refractivity contribution in [2.75, 3.05) is 6.54 Å². The van der Waals surface area contributed by atoms with Gasteiger partial charge < -0.3 is 9.88 Å². The third kappa shape index (κ3) is 3.04. The Bertz CT molecular complexity index is 774. The SMILES string of the molecule is CCCCNC(=O)Cn1c(=O)c(=O)n(C)c2ccccc21. The van der Waals surface area contributed by atoms with Gasteiger partial charge in [0, 0.05) is 13.6 Å². The maximum absolute atomic E-state index is 12.1. The first kappa shape index (κ1) is 15.0. The van der Waals surface area contributed by atoms with Crippen molar-refractivity contribution in [2.45, 2.75) is 26.3 Å². The highest BCUT2D eigenvalue weighted by Gasteiger charge is 2.12. The molecule has 2 rings (SSSR count). The number of nitrogens with one attached hydrogen (secondary N) is 1. The summed E-state index contributed by atoms with van der Waals surface area (Å²) in [6, 6.07) is 7.05. The van der Waals surface area contributed by atoms with Gasteiger partial charge in [0.2, 0.25) is 5.91 Å². The number of carbonyl (C=O) groups is 1. The number of amides is 1. The molecule has 0 bridgehead atoms. The molecule has 6 heteroatoms. The Balaban J connectivity index is 2.42. The van der Waals surface area contributed by atoms with Crippen LogP contribution in [0.15, 0.2) is 33.9 Å². The average molecular weight is 289 g/mol. The molecule has 0 saturated heterocycles. The second kappa shape index (κ2) is 6.39. The van der Waals surface area contributed by atoms with Crippen LogP contribution in [-0.2, 0) is 18.4 Å². The van der Waals surface area contributed by atoms with Crippen LogP contribution in [-0.4, -0.2) is 21.6 Å². The van der Waals surface area contributed by atoms with E-state index in [-0.39, 0.29) is 12.5 Å². The number of benzene rings is 1. The topological polar surface area (TPSA) is 73.1 Å². The molecule has 0 aliphatic rings. The average Bonchev–Trinajstić information content (AvgIpc) is 2.49. The highest BCUT2D eigenvalue weighted by atomic mass is 16.2. The summed E-state index contributed by atoms with van der Waals surface area (Å²) in [5.74, 6) is -0.260. The van der Waals surface area contributed by atoms with Crippen molar-refractivity contribution >= 4 is 16.9 Å².